The van der Waals surface area contributed by atoms with Crippen LogP contribution in [0, 0.1) is 0 Å². The molecule has 0 bridgehead atoms. The molecule has 0 saturated carbocycles. The SMILES string of the molecule is CC(O)OC(OO)C(O)C(C)O. The Morgan fingerprint density at radius 2 is 1.58 bits per heavy atom. The van der Waals surface area contributed by atoms with Gasteiger partial charge in [0.05, 0.1) is 6.10 Å². The average Bonchev–Trinajstić information content (AvgIpc) is 1.98. The van der Waals surface area contributed by atoms with E-state index in [-0.39, 0.29) is 0 Å². The van der Waals surface area contributed by atoms with Crippen LogP contribution in [0.1, 0.15) is 13.8 Å². The monoisotopic (exact) mass is 182 g/mol. The lowest BCUT2D eigenvalue weighted by Gasteiger charge is -2.23. The Labute approximate surface area is 69.9 Å². The maximum absolute atomic E-state index is 9.06. The Bertz CT molecular complexity index is 115. The van der Waals surface area contributed by atoms with Gasteiger partial charge in [0.2, 0.25) is 6.29 Å². The predicted octanol–water partition coefficient (Wildman–Crippen LogP) is -1.10. The molecule has 0 aromatic rings. The Morgan fingerprint density at radius 3 is 1.83 bits per heavy atom. The highest BCUT2D eigenvalue weighted by Crippen LogP contribution is 2.06. The summed E-state index contributed by atoms with van der Waals surface area (Å²) in [5.74, 6) is 0. The van der Waals surface area contributed by atoms with Crippen molar-refractivity contribution in [1.82, 2.24) is 0 Å². The van der Waals surface area contributed by atoms with E-state index < -0.39 is 24.8 Å². The minimum Gasteiger partial charge on any atom is -0.391 e. The topological polar surface area (TPSA) is 99.4 Å². The second-order valence-corrected chi connectivity index (χ2v) is 2.44. The molecule has 0 aromatic carbocycles. The quantitative estimate of drug-likeness (QED) is 0.245. The van der Waals surface area contributed by atoms with Gasteiger partial charge in [-0.15, -0.1) is 0 Å². The van der Waals surface area contributed by atoms with Crippen LogP contribution in [0.15, 0.2) is 0 Å². The molecule has 0 aliphatic heterocycles. The van der Waals surface area contributed by atoms with Gasteiger partial charge in [0.1, 0.15) is 6.10 Å². The summed E-state index contributed by atoms with van der Waals surface area (Å²) in [5, 5.41) is 34.8. The smallest absolute Gasteiger partial charge is 0.222 e. The van der Waals surface area contributed by atoms with Crippen molar-refractivity contribution < 1.29 is 30.2 Å². The summed E-state index contributed by atoms with van der Waals surface area (Å²) in [6.07, 6.45) is -5.19. The molecule has 0 aliphatic rings. The molecule has 4 unspecified atom stereocenters. The van der Waals surface area contributed by atoms with Crippen molar-refractivity contribution in [2.45, 2.75) is 38.6 Å². The van der Waals surface area contributed by atoms with Crippen LogP contribution < -0.4 is 0 Å². The zero-order valence-corrected chi connectivity index (χ0v) is 6.91. The third-order valence-electron chi connectivity index (χ3n) is 1.21. The zero-order valence-electron chi connectivity index (χ0n) is 6.91. The van der Waals surface area contributed by atoms with Gasteiger partial charge in [-0.05, 0) is 13.8 Å². The maximum Gasteiger partial charge on any atom is 0.222 e. The van der Waals surface area contributed by atoms with Gasteiger partial charge in [-0.25, -0.2) is 10.1 Å². The minimum absolute atomic E-state index is 1.12. The van der Waals surface area contributed by atoms with Crippen LogP contribution >= 0.6 is 0 Å². The predicted molar refractivity (Wildman–Crippen MR) is 38.0 cm³/mol. The first-order valence-electron chi connectivity index (χ1n) is 3.49. The van der Waals surface area contributed by atoms with Crippen molar-refractivity contribution in [1.29, 1.82) is 0 Å². The highest BCUT2D eigenvalue weighted by atomic mass is 17.1. The van der Waals surface area contributed by atoms with Gasteiger partial charge in [0.15, 0.2) is 6.29 Å². The average molecular weight is 182 g/mol. The largest absolute Gasteiger partial charge is 0.391 e. The number of aliphatic hydroxyl groups is 3. The second kappa shape index (κ2) is 5.41. The summed E-state index contributed by atoms with van der Waals surface area (Å²) < 4.78 is 4.50. The normalized spacial score (nSPS) is 21.5. The summed E-state index contributed by atoms with van der Waals surface area (Å²) in [5.41, 5.74) is 0. The van der Waals surface area contributed by atoms with Crippen LogP contribution in [0.3, 0.4) is 0 Å². The first-order valence-corrected chi connectivity index (χ1v) is 3.49. The minimum atomic E-state index is -1.45. The molecule has 4 atom stereocenters. The fourth-order valence-electron chi connectivity index (χ4n) is 0.589. The van der Waals surface area contributed by atoms with E-state index in [1.54, 1.807) is 0 Å². The first kappa shape index (κ1) is 11.8. The molecular formula is C6H14O6. The summed E-state index contributed by atoms with van der Waals surface area (Å²) in [6, 6.07) is 0. The Balaban J connectivity index is 3.96. The molecule has 0 rings (SSSR count). The number of aliphatic hydroxyl groups excluding tert-OH is 3. The molecular weight excluding hydrogens is 168 g/mol. The molecule has 74 valence electrons. The molecule has 0 amide bonds. The van der Waals surface area contributed by atoms with Crippen LogP contribution in [-0.2, 0) is 9.62 Å². The van der Waals surface area contributed by atoms with Crippen LogP contribution in [0.2, 0.25) is 0 Å². The lowest BCUT2D eigenvalue weighted by Crippen LogP contribution is -2.40. The summed E-state index contributed by atoms with van der Waals surface area (Å²) >= 11 is 0. The van der Waals surface area contributed by atoms with Crippen LogP contribution in [0.5, 0.6) is 0 Å². The molecule has 0 spiro atoms. The second-order valence-electron chi connectivity index (χ2n) is 2.44. The Morgan fingerprint density at radius 1 is 1.08 bits per heavy atom. The van der Waals surface area contributed by atoms with E-state index in [1.807, 2.05) is 0 Å². The lowest BCUT2D eigenvalue weighted by atomic mass is 10.2. The van der Waals surface area contributed by atoms with Gasteiger partial charge >= 0.3 is 0 Å². The molecule has 0 heterocycles. The molecule has 6 nitrogen and oxygen atoms in total. The van der Waals surface area contributed by atoms with Crippen LogP contribution in [-0.4, -0.2) is 45.4 Å². The van der Waals surface area contributed by atoms with E-state index in [2.05, 4.69) is 9.62 Å². The Hall–Kier alpha value is -0.240. The van der Waals surface area contributed by atoms with Crippen molar-refractivity contribution in [3.8, 4) is 0 Å². The zero-order chi connectivity index (χ0) is 9.72. The molecule has 0 aromatic heterocycles. The number of ether oxygens (including phenoxy) is 1. The van der Waals surface area contributed by atoms with Crippen molar-refractivity contribution in [2.75, 3.05) is 0 Å². The molecule has 6 heteroatoms. The molecule has 0 saturated heterocycles. The maximum atomic E-state index is 9.06. The molecule has 0 aliphatic carbocycles. The standard InChI is InChI=1S/C6H14O6/c1-3(7)5(9)6(12-10)11-4(2)8/h3-10H,1-2H3. The van der Waals surface area contributed by atoms with Gasteiger partial charge in [0.25, 0.3) is 0 Å². The van der Waals surface area contributed by atoms with E-state index in [4.69, 9.17) is 20.6 Å². The van der Waals surface area contributed by atoms with Crippen molar-refractivity contribution in [2.24, 2.45) is 0 Å². The highest BCUT2D eigenvalue weighted by Gasteiger charge is 2.26. The Kier molecular flexibility index (Phi) is 5.31. The fourth-order valence-corrected chi connectivity index (χ4v) is 0.589. The molecule has 4 N–H and O–H groups in total. The van der Waals surface area contributed by atoms with Crippen LogP contribution in [0.4, 0.5) is 0 Å². The van der Waals surface area contributed by atoms with Crippen molar-refractivity contribution in [3.63, 3.8) is 0 Å². The third-order valence-corrected chi connectivity index (χ3v) is 1.21. The van der Waals surface area contributed by atoms with Gasteiger partial charge in [0, 0.05) is 0 Å². The summed E-state index contributed by atoms with van der Waals surface area (Å²) in [4.78, 5) is 3.69. The number of hydrogen-bond acceptors (Lipinski definition) is 6. The fraction of sp³-hybridized carbons (Fsp3) is 1.00. The van der Waals surface area contributed by atoms with Crippen LogP contribution in [0.25, 0.3) is 0 Å². The van der Waals surface area contributed by atoms with Gasteiger partial charge in [-0.3, -0.25) is 0 Å². The van der Waals surface area contributed by atoms with Crippen molar-refractivity contribution in [3.05, 3.63) is 0 Å². The third kappa shape index (κ3) is 3.96. The first-order chi connectivity index (χ1) is 5.49. The number of hydrogen-bond donors (Lipinski definition) is 4. The van der Waals surface area contributed by atoms with E-state index in [0.717, 1.165) is 0 Å². The van der Waals surface area contributed by atoms with Gasteiger partial charge in [-0.1, -0.05) is 0 Å². The van der Waals surface area contributed by atoms with Gasteiger partial charge in [-0.2, -0.15) is 0 Å². The molecule has 0 fully saturated rings. The van der Waals surface area contributed by atoms with Gasteiger partial charge < -0.3 is 20.1 Å². The van der Waals surface area contributed by atoms with E-state index in [1.165, 1.54) is 13.8 Å². The summed E-state index contributed by atoms with van der Waals surface area (Å²) in [7, 11) is 0. The molecule has 12 heavy (non-hydrogen) atoms. The van der Waals surface area contributed by atoms with E-state index >= 15 is 0 Å². The molecule has 0 radical (unpaired) electrons. The van der Waals surface area contributed by atoms with E-state index in [0.29, 0.717) is 0 Å². The highest BCUT2D eigenvalue weighted by molar-refractivity contribution is 4.65. The summed E-state index contributed by atoms with van der Waals surface area (Å²) in [6.45, 7) is 2.57. The number of rotatable bonds is 5. The van der Waals surface area contributed by atoms with E-state index in [9.17, 15) is 0 Å². The lowest BCUT2D eigenvalue weighted by molar-refractivity contribution is -0.391. The van der Waals surface area contributed by atoms with Crippen molar-refractivity contribution >= 4 is 0 Å².